The second-order valence-corrected chi connectivity index (χ2v) is 7.09. The van der Waals surface area contributed by atoms with Gasteiger partial charge in [0.05, 0.1) is 23.0 Å². The van der Waals surface area contributed by atoms with Crippen molar-refractivity contribution >= 4 is 16.9 Å². The van der Waals surface area contributed by atoms with Crippen LogP contribution in [0.4, 0.5) is 0 Å². The molecule has 134 valence electrons. The first-order valence-electron chi connectivity index (χ1n) is 9.07. The first-order valence-corrected chi connectivity index (χ1v) is 9.07. The summed E-state index contributed by atoms with van der Waals surface area (Å²) in [6.45, 7) is 4.04. The lowest BCUT2D eigenvalue weighted by Gasteiger charge is -2.27. The van der Waals surface area contributed by atoms with Gasteiger partial charge in [0.1, 0.15) is 5.82 Å². The molecule has 1 aromatic heterocycles. The van der Waals surface area contributed by atoms with Crippen LogP contribution in [0.25, 0.3) is 11.0 Å². The first kappa shape index (κ1) is 16.8. The smallest absolute Gasteiger partial charge is 0.232 e. The molecule has 0 spiro atoms. The predicted octanol–water partition coefficient (Wildman–Crippen LogP) is 2.43. The highest BCUT2D eigenvalue weighted by atomic mass is 16.2. The number of aromatic nitrogens is 2. The molecule has 1 saturated heterocycles. The average Bonchev–Trinajstić information content (AvgIpc) is 3.27. The summed E-state index contributed by atoms with van der Waals surface area (Å²) < 4.78 is 2.08. The third-order valence-corrected chi connectivity index (χ3v) is 5.51. The summed E-state index contributed by atoms with van der Waals surface area (Å²) in [5.41, 5.74) is 3.86. The number of benzene rings is 2. The second kappa shape index (κ2) is 6.57. The van der Waals surface area contributed by atoms with Gasteiger partial charge in [0, 0.05) is 13.6 Å². The lowest BCUT2D eigenvalue weighted by Crippen LogP contribution is -2.46. The van der Waals surface area contributed by atoms with Crippen LogP contribution in [0, 0.1) is 6.92 Å². The van der Waals surface area contributed by atoms with Gasteiger partial charge in [-0.05, 0) is 37.1 Å². The Bertz CT molecular complexity index is 939. The molecular weight excluding hydrogens is 324 g/mol. The van der Waals surface area contributed by atoms with E-state index in [4.69, 9.17) is 4.98 Å². The number of hydrogen-bond donors (Lipinski definition) is 2. The number of imidazole rings is 1. The molecule has 2 N–H and O–H groups in total. The Morgan fingerprint density at radius 3 is 2.73 bits per heavy atom. The Kier molecular flexibility index (Phi) is 4.24. The molecule has 5 nitrogen and oxygen atoms in total. The zero-order valence-corrected chi connectivity index (χ0v) is 15.2. The van der Waals surface area contributed by atoms with Gasteiger partial charge in [-0.15, -0.1) is 0 Å². The highest BCUT2D eigenvalue weighted by molar-refractivity contribution is 5.89. The Morgan fingerprint density at radius 2 is 2.04 bits per heavy atom. The molecule has 4 rings (SSSR count). The Morgan fingerprint density at radius 1 is 1.23 bits per heavy atom. The van der Waals surface area contributed by atoms with E-state index in [1.807, 2.05) is 49.5 Å². The molecule has 1 amide bonds. The van der Waals surface area contributed by atoms with Crippen LogP contribution in [-0.4, -0.2) is 28.5 Å². The van der Waals surface area contributed by atoms with Gasteiger partial charge in [-0.1, -0.05) is 42.5 Å². The first-order chi connectivity index (χ1) is 12.6. The van der Waals surface area contributed by atoms with Gasteiger partial charge in [0.25, 0.3) is 0 Å². The van der Waals surface area contributed by atoms with Crippen molar-refractivity contribution in [3.05, 3.63) is 65.5 Å². The van der Waals surface area contributed by atoms with Gasteiger partial charge in [0.15, 0.2) is 0 Å². The van der Waals surface area contributed by atoms with Crippen LogP contribution < -0.4 is 10.6 Å². The molecule has 2 heterocycles. The van der Waals surface area contributed by atoms with E-state index in [1.54, 1.807) is 0 Å². The lowest BCUT2D eigenvalue weighted by molar-refractivity contribution is -0.126. The second-order valence-electron chi connectivity index (χ2n) is 7.09. The summed E-state index contributed by atoms with van der Waals surface area (Å²) in [5, 5.41) is 6.49. The summed E-state index contributed by atoms with van der Waals surface area (Å²) in [4.78, 5) is 17.8. The van der Waals surface area contributed by atoms with Crippen molar-refractivity contribution in [3.8, 4) is 0 Å². The normalized spacial score (nSPS) is 19.8. The van der Waals surface area contributed by atoms with Crippen LogP contribution in [0.3, 0.4) is 0 Å². The van der Waals surface area contributed by atoms with Gasteiger partial charge in [0.2, 0.25) is 5.91 Å². The van der Waals surface area contributed by atoms with E-state index in [0.29, 0.717) is 13.1 Å². The fourth-order valence-corrected chi connectivity index (χ4v) is 4.02. The van der Waals surface area contributed by atoms with Crippen molar-refractivity contribution in [1.82, 2.24) is 20.2 Å². The number of carbonyl (C=O) groups excluding carboxylic acids is 1. The number of nitrogens with zero attached hydrogens (tertiary/aromatic N) is 2. The van der Waals surface area contributed by atoms with Crippen LogP contribution in [0.5, 0.6) is 0 Å². The maximum Gasteiger partial charge on any atom is 0.232 e. The van der Waals surface area contributed by atoms with Crippen molar-refractivity contribution in [2.45, 2.75) is 25.3 Å². The van der Waals surface area contributed by atoms with E-state index in [1.165, 1.54) is 5.56 Å². The van der Waals surface area contributed by atoms with E-state index >= 15 is 0 Å². The van der Waals surface area contributed by atoms with E-state index in [2.05, 4.69) is 28.2 Å². The van der Waals surface area contributed by atoms with Crippen molar-refractivity contribution < 1.29 is 4.79 Å². The zero-order valence-electron chi connectivity index (χ0n) is 15.2. The van der Waals surface area contributed by atoms with Gasteiger partial charge in [-0.3, -0.25) is 4.79 Å². The Balaban J connectivity index is 1.59. The summed E-state index contributed by atoms with van der Waals surface area (Å²) in [6, 6.07) is 16.2. The molecule has 26 heavy (non-hydrogen) atoms. The zero-order chi connectivity index (χ0) is 18.1. The van der Waals surface area contributed by atoms with Crippen molar-refractivity contribution in [2.75, 3.05) is 13.1 Å². The summed E-state index contributed by atoms with van der Waals surface area (Å²) in [6.07, 6.45) is 0.810. The Hall–Kier alpha value is -2.66. The average molecular weight is 348 g/mol. The fourth-order valence-electron chi connectivity index (χ4n) is 4.02. The van der Waals surface area contributed by atoms with Crippen LogP contribution in [0.1, 0.15) is 23.4 Å². The number of rotatable bonds is 4. The van der Waals surface area contributed by atoms with Crippen LogP contribution >= 0.6 is 0 Å². The molecule has 0 radical (unpaired) electrons. The molecule has 5 heteroatoms. The van der Waals surface area contributed by atoms with Gasteiger partial charge < -0.3 is 15.2 Å². The highest BCUT2D eigenvalue weighted by Gasteiger charge is 2.42. The molecule has 0 unspecified atom stereocenters. The number of nitrogens with one attached hydrogen (secondary N) is 2. The van der Waals surface area contributed by atoms with E-state index in [9.17, 15) is 4.79 Å². The minimum absolute atomic E-state index is 0.0671. The molecule has 1 aliphatic rings. The fraction of sp³-hybridized carbons (Fsp3) is 0.333. The predicted molar refractivity (Wildman–Crippen MR) is 103 cm³/mol. The maximum absolute atomic E-state index is 13.1. The number of aryl methyl sites for hydroxylation is 2. The Labute approximate surface area is 153 Å². The number of para-hydroxylation sites is 1. The summed E-state index contributed by atoms with van der Waals surface area (Å²) in [7, 11) is 2.01. The number of amides is 1. The van der Waals surface area contributed by atoms with Crippen LogP contribution in [-0.2, 0) is 23.8 Å². The molecule has 3 aromatic rings. The summed E-state index contributed by atoms with van der Waals surface area (Å²) >= 11 is 0. The van der Waals surface area contributed by atoms with Gasteiger partial charge >= 0.3 is 0 Å². The minimum atomic E-state index is -0.498. The van der Waals surface area contributed by atoms with Gasteiger partial charge in [-0.2, -0.15) is 0 Å². The largest absolute Gasteiger partial charge is 0.348 e. The number of carbonyl (C=O) groups is 1. The molecule has 1 fully saturated rings. The highest BCUT2D eigenvalue weighted by Crippen LogP contribution is 2.31. The standard InChI is InChI=1S/C21H24N4O/c1-15-7-6-10-17-19(15)25(2)18(24-17)13-23-20(26)21(11-12-22-14-21)16-8-4-3-5-9-16/h3-10,22H,11-14H2,1-2H3,(H,23,26)/t21-/m1/s1. The van der Waals surface area contributed by atoms with Crippen molar-refractivity contribution in [2.24, 2.45) is 7.05 Å². The SMILES string of the molecule is Cc1cccc2nc(CNC(=O)[C@]3(c4ccccc4)CCNC3)n(C)c12. The molecule has 0 aliphatic carbocycles. The van der Waals surface area contributed by atoms with Crippen LogP contribution in [0.15, 0.2) is 48.5 Å². The minimum Gasteiger partial charge on any atom is -0.348 e. The molecule has 0 saturated carbocycles. The van der Waals surface area contributed by atoms with E-state index < -0.39 is 5.41 Å². The monoisotopic (exact) mass is 348 g/mol. The molecule has 1 aliphatic heterocycles. The molecule has 1 atom stereocenters. The third-order valence-electron chi connectivity index (χ3n) is 5.51. The van der Waals surface area contributed by atoms with E-state index in [0.717, 1.165) is 35.4 Å². The quantitative estimate of drug-likeness (QED) is 0.761. The maximum atomic E-state index is 13.1. The topological polar surface area (TPSA) is 59.0 Å². The van der Waals surface area contributed by atoms with E-state index in [-0.39, 0.29) is 5.91 Å². The summed E-state index contributed by atoms with van der Waals surface area (Å²) in [5.74, 6) is 0.939. The van der Waals surface area contributed by atoms with Gasteiger partial charge in [-0.25, -0.2) is 4.98 Å². The molecular formula is C21H24N4O. The molecule has 2 aromatic carbocycles. The lowest BCUT2D eigenvalue weighted by atomic mass is 9.79. The number of hydrogen-bond acceptors (Lipinski definition) is 3. The number of fused-ring (bicyclic) bond motifs is 1. The van der Waals surface area contributed by atoms with Crippen LogP contribution in [0.2, 0.25) is 0 Å². The van der Waals surface area contributed by atoms with Crippen molar-refractivity contribution in [3.63, 3.8) is 0 Å². The molecule has 0 bridgehead atoms. The third kappa shape index (κ3) is 2.69. The van der Waals surface area contributed by atoms with Crippen molar-refractivity contribution in [1.29, 1.82) is 0 Å².